The predicted molar refractivity (Wildman–Crippen MR) is 106 cm³/mol. The Labute approximate surface area is 171 Å². The third kappa shape index (κ3) is 3.70. The molecule has 1 N–H and O–H groups in total. The third-order valence-electron chi connectivity index (χ3n) is 4.66. The van der Waals surface area contributed by atoms with E-state index in [1.165, 1.54) is 30.3 Å². The van der Waals surface area contributed by atoms with Gasteiger partial charge in [0.2, 0.25) is 0 Å². The number of halogens is 2. The summed E-state index contributed by atoms with van der Waals surface area (Å²) < 4.78 is 65.4. The summed E-state index contributed by atoms with van der Waals surface area (Å²) in [4.78, 5) is 13.9. The molecule has 1 aromatic heterocycles. The number of nitrogens with one attached hydrogen (secondary N) is 1. The predicted octanol–water partition coefficient (Wildman–Crippen LogP) is 3.25. The van der Waals surface area contributed by atoms with Crippen LogP contribution in [0.1, 0.15) is 17.5 Å². The summed E-state index contributed by atoms with van der Waals surface area (Å²) in [7, 11) is -4.26. The molecule has 1 fully saturated rings. The molecule has 4 rings (SSSR count). The second-order valence-corrected chi connectivity index (χ2v) is 8.42. The maximum atomic E-state index is 14.4. The van der Waals surface area contributed by atoms with Gasteiger partial charge in [-0.15, -0.1) is 0 Å². The van der Waals surface area contributed by atoms with Gasteiger partial charge in [-0.2, -0.15) is 0 Å². The molecule has 1 aliphatic rings. The highest BCUT2D eigenvalue weighted by Gasteiger charge is 2.28. The number of rotatable bonds is 6. The van der Waals surface area contributed by atoms with Crippen molar-refractivity contribution < 1.29 is 31.1 Å². The third-order valence-corrected chi connectivity index (χ3v) is 6.03. The first-order valence-corrected chi connectivity index (χ1v) is 10.7. The van der Waals surface area contributed by atoms with Crippen molar-refractivity contribution in [2.75, 3.05) is 24.6 Å². The van der Waals surface area contributed by atoms with Crippen LogP contribution in [0.3, 0.4) is 0 Å². The number of para-hydroxylation sites is 1. The Morgan fingerprint density at radius 3 is 2.70 bits per heavy atom. The summed E-state index contributed by atoms with van der Waals surface area (Å²) in [5, 5.41) is 0.0216. The molecule has 2 heterocycles. The van der Waals surface area contributed by atoms with Crippen LogP contribution in [0.4, 0.5) is 14.5 Å². The molecule has 7 nitrogen and oxygen atoms in total. The molecule has 10 heteroatoms. The van der Waals surface area contributed by atoms with E-state index in [9.17, 15) is 22.0 Å². The van der Waals surface area contributed by atoms with Crippen molar-refractivity contribution in [3.63, 3.8) is 0 Å². The number of benzene rings is 2. The lowest BCUT2D eigenvalue weighted by atomic mass is 10.1. The zero-order valence-electron chi connectivity index (χ0n) is 15.9. The molecule has 2 aromatic carbocycles. The number of nitrogens with zero attached hydrogens (tertiary/aromatic N) is 1. The summed E-state index contributed by atoms with van der Waals surface area (Å²) in [6.07, 6.45) is -0.966. The van der Waals surface area contributed by atoms with Crippen LogP contribution >= 0.6 is 0 Å². The van der Waals surface area contributed by atoms with Gasteiger partial charge in [0.1, 0.15) is 28.2 Å². The normalized spacial score (nSPS) is 14.6. The minimum Gasteiger partial charge on any atom is -0.492 e. The second-order valence-electron chi connectivity index (χ2n) is 6.77. The minimum absolute atomic E-state index is 0.0216. The molecular weight excluding hydrogens is 418 g/mol. The van der Waals surface area contributed by atoms with Gasteiger partial charge in [-0.25, -0.2) is 21.9 Å². The molecule has 0 aliphatic carbocycles. The zero-order valence-corrected chi connectivity index (χ0v) is 16.7. The second kappa shape index (κ2) is 7.60. The molecule has 0 bridgehead atoms. The highest BCUT2D eigenvalue weighted by Crippen LogP contribution is 2.31. The molecule has 1 amide bonds. The van der Waals surface area contributed by atoms with Gasteiger partial charge in [-0.05, 0) is 25.1 Å². The first-order chi connectivity index (χ1) is 14.3. The number of carbonyl (C=O) groups excluding carboxylic acids is 1. The van der Waals surface area contributed by atoms with Crippen LogP contribution in [0.25, 0.3) is 11.0 Å². The molecule has 0 spiro atoms. The number of sulfonamides is 1. The molecule has 0 saturated carbocycles. The Morgan fingerprint density at radius 1 is 1.27 bits per heavy atom. The van der Waals surface area contributed by atoms with E-state index >= 15 is 0 Å². The monoisotopic (exact) mass is 436 g/mol. The average molecular weight is 436 g/mol. The van der Waals surface area contributed by atoms with Crippen LogP contribution in [-0.4, -0.2) is 40.2 Å². The number of alkyl halides is 1. The van der Waals surface area contributed by atoms with E-state index in [2.05, 4.69) is 0 Å². The molecule has 0 unspecified atom stereocenters. The number of anilines is 1. The smallest absolute Gasteiger partial charge is 0.300 e. The average Bonchev–Trinajstić information content (AvgIpc) is 3.11. The van der Waals surface area contributed by atoms with Crippen molar-refractivity contribution in [1.82, 2.24) is 4.72 Å². The highest BCUT2D eigenvalue weighted by molar-refractivity contribution is 7.90. The highest BCUT2D eigenvalue weighted by atomic mass is 32.2. The quantitative estimate of drug-likeness (QED) is 0.638. The van der Waals surface area contributed by atoms with E-state index in [0.717, 1.165) is 6.07 Å². The molecule has 3 aromatic rings. The van der Waals surface area contributed by atoms with Crippen LogP contribution in [0.15, 0.2) is 51.8 Å². The minimum atomic E-state index is -4.26. The fraction of sp³-hybridized carbons (Fsp3) is 0.250. The summed E-state index contributed by atoms with van der Waals surface area (Å²) in [5.41, 5.74) is 0.484. The van der Waals surface area contributed by atoms with E-state index in [1.807, 2.05) is 4.72 Å². The van der Waals surface area contributed by atoms with Gasteiger partial charge in [0.25, 0.3) is 10.0 Å². The van der Waals surface area contributed by atoms with E-state index in [1.54, 1.807) is 17.9 Å². The lowest BCUT2D eigenvalue weighted by Crippen LogP contribution is -2.48. The summed E-state index contributed by atoms with van der Waals surface area (Å²) in [5.74, 6) is -1.98. The van der Waals surface area contributed by atoms with Crippen LogP contribution in [-0.2, 0) is 10.0 Å². The van der Waals surface area contributed by atoms with Crippen molar-refractivity contribution in [3.05, 3.63) is 54.0 Å². The van der Waals surface area contributed by atoms with Gasteiger partial charge in [-0.1, -0.05) is 12.1 Å². The van der Waals surface area contributed by atoms with Crippen LogP contribution in [0.2, 0.25) is 0 Å². The van der Waals surface area contributed by atoms with Crippen LogP contribution in [0, 0.1) is 5.82 Å². The standard InChI is InChI=1S/C20H18F2N2O5S/c1-2-28-16-5-3-4-6-19(16)30(26,27)23-20(25)18-9-14-15(22)7-13(8-17(14)29-18)24-10-12(21)11-24/h3-9,12H,2,10-11H2,1H3,(H,23,25). The molecule has 158 valence electrons. The van der Waals surface area contributed by atoms with Crippen LogP contribution < -0.4 is 14.4 Å². The van der Waals surface area contributed by atoms with E-state index in [4.69, 9.17) is 9.15 Å². The number of hydrogen-bond donors (Lipinski definition) is 1. The lowest BCUT2D eigenvalue weighted by molar-refractivity contribution is 0.0956. The van der Waals surface area contributed by atoms with Gasteiger partial charge >= 0.3 is 5.91 Å². The Balaban J connectivity index is 1.61. The maximum Gasteiger partial charge on any atom is 0.300 e. The van der Waals surface area contributed by atoms with Gasteiger partial charge < -0.3 is 14.1 Å². The van der Waals surface area contributed by atoms with Crippen molar-refractivity contribution in [2.45, 2.75) is 18.0 Å². The number of carbonyl (C=O) groups is 1. The van der Waals surface area contributed by atoms with Gasteiger partial charge in [0.15, 0.2) is 5.76 Å². The number of furan rings is 1. The number of amides is 1. The van der Waals surface area contributed by atoms with Crippen LogP contribution in [0.5, 0.6) is 5.75 Å². The van der Waals surface area contributed by atoms with Gasteiger partial charge in [-0.3, -0.25) is 4.79 Å². The molecular formula is C20H18F2N2O5S. The summed E-state index contributed by atoms with van der Waals surface area (Å²) in [6.45, 7) is 2.24. The maximum absolute atomic E-state index is 14.4. The van der Waals surface area contributed by atoms with Crippen molar-refractivity contribution >= 4 is 32.6 Å². The summed E-state index contributed by atoms with van der Waals surface area (Å²) >= 11 is 0. The molecule has 0 atom stereocenters. The van der Waals surface area contributed by atoms with E-state index < -0.39 is 27.9 Å². The lowest BCUT2D eigenvalue weighted by Gasteiger charge is -2.36. The number of ether oxygens (including phenoxy) is 1. The van der Waals surface area contributed by atoms with E-state index in [0.29, 0.717) is 5.69 Å². The Morgan fingerprint density at radius 2 is 2.00 bits per heavy atom. The van der Waals surface area contributed by atoms with E-state index in [-0.39, 0.29) is 47.1 Å². The van der Waals surface area contributed by atoms with Crippen molar-refractivity contribution in [2.24, 2.45) is 0 Å². The Hall–Kier alpha value is -3.14. The Kier molecular flexibility index (Phi) is 5.10. The van der Waals surface area contributed by atoms with Crippen molar-refractivity contribution in [3.8, 4) is 5.75 Å². The Bertz CT molecular complexity index is 1220. The van der Waals surface area contributed by atoms with Gasteiger partial charge in [0, 0.05) is 17.8 Å². The largest absolute Gasteiger partial charge is 0.492 e. The molecule has 1 aliphatic heterocycles. The summed E-state index contributed by atoms with van der Waals surface area (Å²) in [6, 6.07) is 9.71. The fourth-order valence-corrected chi connectivity index (χ4v) is 4.29. The zero-order chi connectivity index (χ0) is 21.5. The molecule has 30 heavy (non-hydrogen) atoms. The van der Waals surface area contributed by atoms with Gasteiger partial charge in [0.05, 0.1) is 25.1 Å². The fourth-order valence-electron chi connectivity index (χ4n) is 3.19. The molecule has 1 saturated heterocycles. The number of hydrogen-bond acceptors (Lipinski definition) is 6. The van der Waals surface area contributed by atoms with Crippen molar-refractivity contribution in [1.29, 1.82) is 0 Å². The topological polar surface area (TPSA) is 88.8 Å². The number of fused-ring (bicyclic) bond motifs is 1. The first-order valence-electron chi connectivity index (χ1n) is 9.19. The SMILES string of the molecule is CCOc1ccccc1S(=O)(=O)NC(=O)c1cc2c(F)cc(N3CC(F)C3)cc2o1. The first kappa shape index (κ1) is 20.1. The molecule has 0 radical (unpaired) electrons.